The summed E-state index contributed by atoms with van der Waals surface area (Å²) in [5.41, 5.74) is 0.447. The fraction of sp³-hybridized carbons (Fsp3) is 0.786. The van der Waals surface area contributed by atoms with Gasteiger partial charge in [-0.2, -0.15) is 5.10 Å². The van der Waals surface area contributed by atoms with Crippen molar-refractivity contribution in [3.8, 4) is 0 Å². The van der Waals surface area contributed by atoms with Gasteiger partial charge in [-0.15, -0.1) is 0 Å². The monoisotopic (exact) mass is 251 g/mol. The maximum absolute atomic E-state index is 9.96. The highest BCUT2D eigenvalue weighted by molar-refractivity contribution is 4.84. The molecule has 2 unspecified atom stereocenters. The lowest BCUT2D eigenvalue weighted by molar-refractivity contribution is 0.128. The zero-order valence-corrected chi connectivity index (χ0v) is 11.5. The standard InChI is InChI=1S/C14H25N3O/c1-14(2)6-3-5-12(9-14)15-10-13(18)11-17-8-4-7-16-17/h4,7-8,12-13,15,18H,3,5-6,9-11H2,1-2H3. The molecule has 0 spiro atoms. The van der Waals surface area contributed by atoms with Gasteiger partial charge < -0.3 is 10.4 Å². The first kappa shape index (κ1) is 13.6. The van der Waals surface area contributed by atoms with Crippen molar-refractivity contribution in [2.24, 2.45) is 5.41 Å². The average Bonchev–Trinajstić information content (AvgIpc) is 2.78. The summed E-state index contributed by atoms with van der Waals surface area (Å²) in [5, 5.41) is 17.6. The van der Waals surface area contributed by atoms with Gasteiger partial charge in [0.1, 0.15) is 0 Å². The number of nitrogens with zero attached hydrogens (tertiary/aromatic N) is 2. The lowest BCUT2D eigenvalue weighted by atomic mass is 9.75. The first-order valence-electron chi connectivity index (χ1n) is 6.94. The zero-order valence-electron chi connectivity index (χ0n) is 11.5. The predicted molar refractivity (Wildman–Crippen MR) is 72.3 cm³/mol. The van der Waals surface area contributed by atoms with Gasteiger partial charge >= 0.3 is 0 Å². The smallest absolute Gasteiger partial charge is 0.0860 e. The Labute approximate surface area is 109 Å². The first-order chi connectivity index (χ1) is 8.55. The molecule has 1 aromatic rings. The minimum Gasteiger partial charge on any atom is -0.390 e. The number of aliphatic hydroxyl groups excluding tert-OH is 1. The second-order valence-electron chi connectivity index (χ2n) is 6.25. The fourth-order valence-corrected chi connectivity index (χ4v) is 2.86. The molecule has 2 N–H and O–H groups in total. The van der Waals surface area contributed by atoms with Gasteiger partial charge in [0.05, 0.1) is 12.6 Å². The Balaban J connectivity index is 1.71. The molecule has 2 atom stereocenters. The summed E-state index contributed by atoms with van der Waals surface area (Å²) in [6.07, 6.45) is 8.31. The minimum absolute atomic E-state index is 0.366. The van der Waals surface area contributed by atoms with Crippen molar-refractivity contribution >= 4 is 0 Å². The van der Waals surface area contributed by atoms with E-state index in [4.69, 9.17) is 0 Å². The molecule has 4 nitrogen and oxygen atoms in total. The maximum atomic E-state index is 9.96. The van der Waals surface area contributed by atoms with Gasteiger partial charge in [0, 0.05) is 25.0 Å². The molecule has 0 aromatic carbocycles. The number of nitrogens with one attached hydrogen (secondary N) is 1. The molecule has 18 heavy (non-hydrogen) atoms. The van der Waals surface area contributed by atoms with Gasteiger partial charge in [-0.3, -0.25) is 4.68 Å². The third-order valence-corrected chi connectivity index (χ3v) is 3.80. The molecule has 2 rings (SSSR count). The van der Waals surface area contributed by atoms with E-state index in [-0.39, 0.29) is 6.10 Å². The highest BCUT2D eigenvalue weighted by atomic mass is 16.3. The normalized spacial score (nSPS) is 24.9. The van der Waals surface area contributed by atoms with Crippen LogP contribution in [0.15, 0.2) is 18.5 Å². The van der Waals surface area contributed by atoms with Gasteiger partial charge in [-0.1, -0.05) is 20.3 Å². The largest absolute Gasteiger partial charge is 0.390 e. The molecule has 1 aliphatic carbocycles. The van der Waals surface area contributed by atoms with E-state index in [1.807, 2.05) is 12.3 Å². The summed E-state index contributed by atoms with van der Waals surface area (Å²) in [6, 6.07) is 2.44. The average molecular weight is 251 g/mol. The van der Waals surface area contributed by atoms with Gasteiger partial charge in [0.15, 0.2) is 0 Å². The van der Waals surface area contributed by atoms with Crippen molar-refractivity contribution in [3.05, 3.63) is 18.5 Å². The van der Waals surface area contributed by atoms with Gasteiger partial charge in [0.2, 0.25) is 0 Å². The van der Waals surface area contributed by atoms with E-state index >= 15 is 0 Å². The molecule has 1 fully saturated rings. The van der Waals surface area contributed by atoms with Crippen molar-refractivity contribution in [2.75, 3.05) is 6.54 Å². The molecule has 102 valence electrons. The van der Waals surface area contributed by atoms with Crippen LogP contribution in [-0.4, -0.2) is 33.6 Å². The van der Waals surface area contributed by atoms with Crippen LogP contribution >= 0.6 is 0 Å². The third-order valence-electron chi connectivity index (χ3n) is 3.80. The van der Waals surface area contributed by atoms with Crippen LogP contribution in [0.3, 0.4) is 0 Å². The zero-order chi connectivity index (χ0) is 13.0. The Morgan fingerprint density at radius 2 is 2.39 bits per heavy atom. The van der Waals surface area contributed by atoms with Crippen LogP contribution < -0.4 is 5.32 Å². The van der Waals surface area contributed by atoms with Crippen LogP contribution in [0, 0.1) is 5.41 Å². The SMILES string of the molecule is CC1(C)CCCC(NCC(O)Cn2cccn2)C1. The maximum Gasteiger partial charge on any atom is 0.0860 e. The molecule has 1 saturated carbocycles. The van der Waals surface area contributed by atoms with Gasteiger partial charge in [-0.05, 0) is 30.7 Å². The van der Waals surface area contributed by atoms with Crippen LogP contribution in [0.5, 0.6) is 0 Å². The fourth-order valence-electron chi connectivity index (χ4n) is 2.86. The molecular formula is C14H25N3O. The number of hydrogen-bond donors (Lipinski definition) is 2. The number of aromatic nitrogens is 2. The Kier molecular flexibility index (Phi) is 4.40. The van der Waals surface area contributed by atoms with Gasteiger partial charge in [0.25, 0.3) is 0 Å². The Bertz CT molecular complexity index is 348. The molecule has 1 aromatic heterocycles. The molecule has 0 saturated heterocycles. The Hall–Kier alpha value is -0.870. The van der Waals surface area contributed by atoms with E-state index in [1.54, 1.807) is 10.9 Å². The van der Waals surface area contributed by atoms with Crippen LogP contribution in [0.25, 0.3) is 0 Å². The molecule has 1 heterocycles. The summed E-state index contributed by atoms with van der Waals surface area (Å²) < 4.78 is 1.77. The molecular weight excluding hydrogens is 226 g/mol. The van der Waals surface area contributed by atoms with Crippen LogP contribution in [-0.2, 0) is 6.54 Å². The summed E-state index contributed by atoms with van der Waals surface area (Å²) in [4.78, 5) is 0. The van der Waals surface area contributed by atoms with E-state index in [0.717, 1.165) is 0 Å². The number of hydrogen-bond acceptors (Lipinski definition) is 3. The van der Waals surface area contributed by atoms with E-state index in [0.29, 0.717) is 24.5 Å². The van der Waals surface area contributed by atoms with E-state index < -0.39 is 0 Å². The minimum atomic E-state index is -0.366. The van der Waals surface area contributed by atoms with Crippen LogP contribution in [0.1, 0.15) is 39.5 Å². The first-order valence-corrected chi connectivity index (χ1v) is 6.94. The second-order valence-corrected chi connectivity index (χ2v) is 6.25. The van der Waals surface area contributed by atoms with E-state index in [2.05, 4.69) is 24.3 Å². The van der Waals surface area contributed by atoms with Crippen molar-refractivity contribution in [2.45, 2.75) is 58.2 Å². The molecule has 0 amide bonds. The Morgan fingerprint density at radius 1 is 1.56 bits per heavy atom. The third kappa shape index (κ3) is 4.10. The van der Waals surface area contributed by atoms with Crippen molar-refractivity contribution in [3.63, 3.8) is 0 Å². The molecule has 0 bridgehead atoms. The lowest BCUT2D eigenvalue weighted by Crippen LogP contribution is -2.41. The van der Waals surface area contributed by atoms with Crippen LogP contribution in [0.4, 0.5) is 0 Å². The van der Waals surface area contributed by atoms with Crippen molar-refractivity contribution < 1.29 is 5.11 Å². The van der Waals surface area contributed by atoms with E-state index in [9.17, 15) is 5.11 Å². The molecule has 0 radical (unpaired) electrons. The molecule has 1 aliphatic rings. The van der Waals surface area contributed by atoms with Crippen molar-refractivity contribution in [1.29, 1.82) is 0 Å². The summed E-state index contributed by atoms with van der Waals surface area (Å²) in [7, 11) is 0. The van der Waals surface area contributed by atoms with E-state index in [1.165, 1.54) is 25.7 Å². The number of rotatable bonds is 5. The quantitative estimate of drug-likeness (QED) is 0.839. The lowest BCUT2D eigenvalue weighted by Gasteiger charge is -2.36. The topological polar surface area (TPSA) is 50.1 Å². The second kappa shape index (κ2) is 5.85. The highest BCUT2D eigenvalue weighted by Crippen LogP contribution is 2.34. The molecule has 4 heteroatoms. The summed E-state index contributed by atoms with van der Waals surface area (Å²) in [6.45, 7) is 5.89. The molecule has 0 aliphatic heterocycles. The van der Waals surface area contributed by atoms with Gasteiger partial charge in [-0.25, -0.2) is 0 Å². The number of aliphatic hydroxyl groups is 1. The van der Waals surface area contributed by atoms with Crippen molar-refractivity contribution in [1.82, 2.24) is 15.1 Å². The van der Waals surface area contributed by atoms with Crippen LogP contribution in [0.2, 0.25) is 0 Å². The summed E-state index contributed by atoms with van der Waals surface area (Å²) >= 11 is 0. The summed E-state index contributed by atoms with van der Waals surface area (Å²) in [5.74, 6) is 0. The highest BCUT2D eigenvalue weighted by Gasteiger charge is 2.27. The Morgan fingerprint density at radius 3 is 3.06 bits per heavy atom. The predicted octanol–water partition coefficient (Wildman–Crippen LogP) is 1.80.